The summed E-state index contributed by atoms with van der Waals surface area (Å²) in [5.41, 5.74) is 3.82. The van der Waals surface area contributed by atoms with Crippen LogP contribution in [0, 0.1) is 5.92 Å². The lowest BCUT2D eigenvalue weighted by atomic mass is 9.82. The molecule has 0 amide bonds. The molecule has 2 saturated carbocycles. The highest BCUT2D eigenvalue weighted by Gasteiger charge is 2.49. The van der Waals surface area contributed by atoms with Crippen molar-refractivity contribution in [2.75, 3.05) is 0 Å². The summed E-state index contributed by atoms with van der Waals surface area (Å²) >= 11 is 13.5. The van der Waals surface area contributed by atoms with Gasteiger partial charge in [0.25, 0.3) is 0 Å². The minimum Gasteiger partial charge on any atom is -0.478 e. The molecule has 2 aromatic rings. The highest BCUT2D eigenvalue weighted by Crippen LogP contribution is 2.53. The number of aryl methyl sites for hydroxylation is 1. The van der Waals surface area contributed by atoms with Gasteiger partial charge in [-0.1, -0.05) is 43.3 Å². The number of hydrogen-bond acceptors (Lipinski definition) is 2. The van der Waals surface area contributed by atoms with Gasteiger partial charge >= 0.3 is 5.97 Å². The Hall–Kier alpha value is -1.55. The predicted molar refractivity (Wildman–Crippen MR) is 126 cm³/mol. The Kier molecular flexibility index (Phi) is 6.67. The summed E-state index contributed by atoms with van der Waals surface area (Å²) in [6.07, 6.45) is 5.14. The molecule has 0 aromatic heterocycles. The number of alkyl halides is 2. The van der Waals surface area contributed by atoms with Gasteiger partial charge in [0.15, 0.2) is 0 Å². The van der Waals surface area contributed by atoms with Crippen LogP contribution in [-0.2, 0) is 11.8 Å². The van der Waals surface area contributed by atoms with Crippen molar-refractivity contribution in [2.24, 2.45) is 5.92 Å². The number of benzene rings is 2. The molecule has 5 heteroatoms. The van der Waals surface area contributed by atoms with Crippen molar-refractivity contribution in [1.29, 1.82) is 0 Å². The molecule has 31 heavy (non-hydrogen) atoms. The van der Waals surface area contributed by atoms with E-state index in [0.717, 1.165) is 44.1 Å². The monoisotopic (exact) mass is 460 g/mol. The van der Waals surface area contributed by atoms with Gasteiger partial charge in [-0.15, -0.1) is 23.2 Å². The third kappa shape index (κ3) is 4.51. The van der Waals surface area contributed by atoms with E-state index in [-0.39, 0.29) is 34.1 Å². The van der Waals surface area contributed by atoms with E-state index in [1.807, 2.05) is 19.1 Å². The van der Waals surface area contributed by atoms with Crippen LogP contribution in [0.4, 0.5) is 0 Å². The van der Waals surface area contributed by atoms with Crippen molar-refractivity contribution in [3.8, 4) is 0 Å². The van der Waals surface area contributed by atoms with Crippen LogP contribution in [0.3, 0.4) is 0 Å². The molecule has 2 aliphatic rings. The van der Waals surface area contributed by atoms with E-state index in [4.69, 9.17) is 28.3 Å². The summed E-state index contributed by atoms with van der Waals surface area (Å²) in [7, 11) is 0. The number of rotatable bonds is 8. The molecular weight excluding hydrogens is 431 g/mol. The molecule has 5 atom stereocenters. The Morgan fingerprint density at radius 2 is 1.71 bits per heavy atom. The lowest BCUT2D eigenvalue weighted by Crippen LogP contribution is -2.25. The van der Waals surface area contributed by atoms with E-state index in [1.165, 1.54) is 11.1 Å². The van der Waals surface area contributed by atoms with Crippen LogP contribution in [0.5, 0.6) is 0 Å². The van der Waals surface area contributed by atoms with Gasteiger partial charge < -0.3 is 10.2 Å². The first kappa shape index (κ1) is 22.6. The largest absolute Gasteiger partial charge is 0.478 e. The third-order valence-corrected chi connectivity index (χ3v) is 8.37. The first-order valence-corrected chi connectivity index (χ1v) is 12.1. The molecule has 0 aliphatic heterocycles. The minimum absolute atomic E-state index is 0.00357. The lowest BCUT2D eigenvalue weighted by molar-refractivity contribution is 0.0697. The van der Waals surface area contributed by atoms with Crippen LogP contribution >= 0.6 is 23.2 Å². The second kappa shape index (κ2) is 9.13. The third-order valence-electron chi connectivity index (χ3n) is 7.42. The van der Waals surface area contributed by atoms with Crippen LogP contribution < -0.4 is 0 Å². The van der Waals surface area contributed by atoms with Crippen LogP contribution in [0.25, 0.3) is 0 Å². The van der Waals surface area contributed by atoms with Gasteiger partial charge in [-0.3, -0.25) is 0 Å². The van der Waals surface area contributed by atoms with Crippen molar-refractivity contribution in [3.05, 3.63) is 70.8 Å². The van der Waals surface area contributed by atoms with Gasteiger partial charge in [0.05, 0.1) is 11.7 Å². The SMILES string of the molecule is CCC(O)C1(c2ccc(C3C(Cl)CC(Cl)C3CCc3ccc(C(=O)O)cc3)cc2)CC1. The van der Waals surface area contributed by atoms with Crippen molar-refractivity contribution in [3.63, 3.8) is 0 Å². The molecule has 0 saturated heterocycles. The summed E-state index contributed by atoms with van der Waals surface area (Å²) < 4.78 is 0. The fraction of sp³-hybridized carbons (Fsp3) is 0.500. The first-order valence-electron chi connectivity index (χ1n) is 11.2. The Bertz CT molecular complexity index is 905. The number of aliphatic hydroxyl groups excluding tert-OH is 1. The molecule has 0 spiro atoms. The number of aliphatic hydroxyl groups is 1. The Morgan fingerprint density at radius 1 is 1.06 bits per heavy atom. The molecule has 2 N–H and O–H groups in total. The van der Waals surface area contributed by atoms with E-state index in [9.17, 15) is 9.90 Å². The molecule has 0 bridgehead atoms. The molecule has 4 rings (SSSR count). The molecule has 2 aliphatic carbocycles. The standard InChI is InChI=1S/C26H30Cl2O3/c1-2-23(29)26(13-14-26)19-10-8-17(9-11-19)24-20(21(27)15-22(24)28)12-5-16-3-6-18(7-4-16)25(30)31/h3-4,6-11,20-24,29H,2,5,12-15H2,1H3,(H,30,31). The van der Waals surface area contributed by atoms with Gasteiger partial charge in [0.2, 0.25) is 0 Å². The fourth-order valence-corrected chi connectivity index (χ4v) is 6.46. The van der Waals surface area contributed by atoms with Crippen LogP contribution in [0.1, 0.15) is 72.0 Å². The molecule has 166 valence electrons. The number of halogens is 2. The van der Waals surface area contributed by atoms with Crippen LogP contribution in [-0.4, -0.2) is 33.0 Å². The summed E-state index contributed by atoms with van der Waals surface area (Å²) in [6.45, 7) is 2.04. The Balaban J connectivity index is 1.48. The first-order chi connectivity index (χ1) is 14.9. The van der Waals surface area contributed by atoms with Gasteiger partial charge in [0, 0.05) is 22.1 Å². The van der Waals surface area contributed by atoms with Crippen molar-refractivity contribution in [2.45, 2.75) is 73.6 Å². The van der Waals surface area contributed by atoms with Crippen LogP contribution in [0.15, 0.2) is 48.5 Å². The maximum absolute atomic E-state index is 11.1. The smallest absolute Gasteiger partial charge is 0.335 e. The summed E-state index contributed by atoms with van der Waals surface area (Å²) in [4.78, 5) is 11.1. The Morgan fingerprint density at radius 3 is 2.26 bits per heavy atom. The van der Waals surface area contributed by atoms with Gasteiger partial charge in [-0.2, -0.15) is 0 Å². The highest BCUT2D eigenvalue weighted by atomic mass is 35.5. The zero-order chi connectivity index (χ0) is 22.2. The van der Waals surface area contributed by atoms with E-state index >= 15 is 0 Å². The van der Waals surface area contributed by atoms with Crippen LogP contribution in [0.2, 0.25) is 0 Å². The van der Waals surface area contributed by atoms with Crippen molar-refractivity contribution in [1.82, 2.24) is 0 Å². The molecule has 0 heterocycles. The molecule has 0 radical (unpaired) electrons. The average Bonchev–Trinajstić information content (AvgIpc) is 3.53. The summed E-state index contributed by atoms with van der Waals surface area (Å²) in [5.74, 6) is -0.441. The van der Waals surface area contributed by atoms with Crippen molar-refractivity contribution < 1.29 is 15.0 Å². The predicted octanol–water partition coefficient (Wildman–Crippen LogP) is 6.14. The normalized spacial score (nSPS) is 27.7. The van der Waals surface area contributed by atoms with E-state index in [1.54, 1.807) is 12.1 Å². The topological polar surface area (TPSA) is 57.5 Å². The number of hydrogen-bond donors (Lipinski definition) is 2. The highest BCUT2D eigenvalue weighted by molar-refractivity contribution is 6.25. The van der Waals surface area contributed by atoms with E-state index < -0.39 is 5.97 Å². The molecule has 5 unspecified atom stereocenters. The molecule has 3 nitrogen and oxygen atoms in total. The van der Waals surface area contributed by atoms with E-state index in [0.29, 0.717) is 5.56 Å². The molecular formula is C26H30Cl2O3. The number of carboxylic acid groups (broad SMARTS) is 1. The number of carboxylic acids is 1. The number of carbonyl (C=O) groups is 1. The zero-order valence-corrected chi connectivity index (χ0v) is 19.3. The van der Waals surface area contributed by atoms with Gasteiger partial charge in [0.1, 0.15) is 0 Å². The van der Waals surface area contributed by atoms with Gasteiger partial charge in [-0.05, 0) is 73.3 Å². The minimum atomic E-state index is -0.906. The summed E-state index contributed by atoms with van der Waals surface area (Å²) in [6, 6.07) is 15.8. The molecule has 2 fully saturated rings. The Labute approximate surface area is 194 Å². The quantitative estimate of drug-likeness (QED) is 0.465. The average molecular weight is 461 g/mol. The second-order valence-corrected chi connectivity index (χ2v) is 10.3. The summed E-state index contributed by atoms with van der Waals surface area (Å²) in [5, 5.41) is 19.6. The maximum atomic E-state index is 11.1. The number of aromatic carboxylic acids is 1. The fourth-order valence-electron chi connectivity index (χ4n) is 5.37. The second-order valence-electron chi connectivity index (χ2n) is 9.20. The van der Waals surface area contributed by atoms with E-state index in [2.05, 4.69) is 24.3 Å². The lowest BCUT2D eigenvalue weighted by Gasteiger charge is -2.26. The maximum Gasteiger partial charge on any atom is 0.335 e. The van der Waals surface area contributed by atoms with Gasteiger partial charge in [-0.25, -0.2) is 4.79 Å². The molecule has 2 aromatic carbocycles. The van der Waals surface area contributed by atoms with Crippen molar-refractivity contribution >= 4 is 29.2 Å². The zero-order valence-electron chi connectivity index (χ0n) is 17.8.